The van der Waals surface area contributed by atoms with Gasteiger partial charge in [0.15, 0.2) is 29.8 Å². The van der Waals surface area contributed by atoms with Gasteiger partial charge in [0.2, 0.25) is 0 Å². The summed E-state index contributed by atoms with van der Waals surface area (Å²) < 4.78 is 16.7. The number of aliphatic carboxylic acids is 1. The van der Waals surface area contributed by atoms with E-state index in [1.165, 1.54) is 6.92 Å². The van der Waals surface area contributed by atoms with Crippen LogP contribution in [-0.2, 0) is 35.7 Å². The van der Waals surface area contributed by atoms with E-state index in [1.807, 2.05) is 13.1 Å². The molecule has 1 saturated heterocycles. The molecule has 36 heavy (non-hydrogen) atoms. The van der Waals surface area contributed by atoms with Gasteiger partial charge >= 0.3 is 17.9 Å². The van der Waals surface area contributed by atoms with Gasteiger partial charge in [0, 0.05) is 18.0 Å². The summed E-state index contributed by atoms with van der Waals surface area (Å²) in [7, 11) is 1.96. The van der Waals surface area contributed by atoms with Gasteiger partial charge in [-0.3, -0.25) is 4.79 Å². The zero-order valence-electron chi connectivity index (χ0n) is 19.7. The maximum Gasteiger partial charge on any atom is 0.352 e. The summed E-state index contributed by atoms with van der Waals surface area (Å²) in [5.74, 6) is -3.20. The molecule has 196 valence electrons. The number of carboxylic acid groups (broad SMARTS) is 1. The first-order valence-corrected chi connectivity index (χ1v) is 11.5. The highest BCUT2D eigenvalue weighted by Gasteiger charge is 2.72. The molecular weight excluding hydrogens is 498 g/mol. The van der Waals surface area contributed by atoms with Crippen LogP contribution in [0, 0.1) is 0 Å². The predicted octanol–water partition coefficient (Wildman–Crippen LogP) is 0.402. The SMILES string of the molecule is CC(OC(=O)CC(O)C(=O)O)C(=O)OC1=CC[C@@]2(O)[C@H]3Cc4ccc(O)c5c4[C@@]2(CCN3C)[C@H]1O5.Cl. The second-order valence-electron chi connectivity index (χ2n) is 9.71. The number of aliphatic hydroxyl groups is 2. The number of ether oxygens (including phenoxy) is 3. The van der Waals surface area contributed by atoms with Gasteiger partial charge in [0.1, 0.15) is 5.76 Å². The Morgan fingerprint density at radius 2 is 2.03 bits per heavy atom. The Labute approximate surface area is 212 Å². The zero-order chi connectivity index (χ0) is 25.3. The molecule has 1 aromatic rings. The fourth-order valence-corrected chi connectivity index (χ4v) is 6.18. The molecule has 0 saturated carbocycles. The number of rotatable bonds is 6. The standard InChI is InChI=1S/C24H27NO10.ClH/c1-11(33-17(28)10-14(27)21(29)30)22(31)34-15-5-6-24(32)16-9-12-3-4-13(26)19-18(12)23(24,20(15)35-19)7-8-25(16)2;/h3-5,11,14,16,20,26-27,32H,6-10H2,1-2H3,(H,29,30);1H/t11?,14?,16-,20+,23+,24-;/m1./s1. The Bertz CT molecular complexity index is 1150. The first kappa shape index (κ1) is 26.2. The number of piperidine rings is 1. The van der Waals surface area contributed by atoms with Crippen molar-refractivity contribution in [2.45, 2.75) is 68.0 Å². The minimum Gasteiger partial charge on any atom is -0.504 e. The van der Waals surface area contributed by atoms with Crippen LogP contribution in [0.5, 0.6) is 11.5 Å². The highest BCUT2D eigenvalue weighted by Crippen LogP contribution is 2.65. The van der Waals surface area contributed by atoms with E-state index in [4.69, 9.17) is 19.3 Å². The number of likely N-dealkylation sites (N-methyl/N-ethyl adjacent to an activating group) is 1. The number of likely N-dealkylation sites (tertiary alicyclic amines) is 1. The van der Waals surface area contributed by atoms with Crippen LogP contribution in [0.15, 0.2) is 24.0 Å². The monoisotopic (exact) mass is 525 g/mol. The number of aliphatic hydroxyl groups excluding tert-OH is 1. The van der Waals surface area contributed by atoms with Crippen molar-refractivity contribution in [1.29, 1.82) is 0 Å². The maximum absolute atomic E-state index is 12.8. The molecule has 4 N–H and O–H groups in total. The number of carbonyl (C=O) groups excluding carboxylic acids is 2. The van der Waals surface area contributed by atoms with Gasteiger partial charge in [-0.15, -0.1) is 12.4 Å². The Morgan fingerprint density at radius 1 is 1.31 bits per heavy atom. The molecule has 0 amide bonds. The van der Waals surface area contributed by atoms with E-state index >= 15 is 0 Å². The number of phenolic OH excluding ortho intramolecular Hbond substituents is 1. The molecule has 2 unspecified atom stereocenters. The molecule has 1 fully saturated rings. The van der Waals surface area contributed by atoms with E-state index in [-0.39, 0.29) is 42.1 Å². The summed E-state index contributed by atoms with van der Waals surface area (Å²) >= 11 is 0. The van der Waals surface area contributed by atoms with E-state index < -0.39 is 53.7 Å². The number of aromatic hydroxyl groups is 1. The zero-order valence-corrected chi connectivity index (χ0v) is 20.5. The maximum atomic E-state index is 12.8. The number of esters is 2. The molecule has 2 aliphatic heterocycles. The van der Waals surface area contributed by atoms with Crippen LogP contribution in [0.25, 0.3) is 0 Å². The van der Waals surface area contributed by atoms with Crippen LogP contribution in [0.2, 0.25) is 0 Å². The molecule has 1 spiro atoms. The van der Waals surface area contributed by atoms with Gasteiger partial charge in [-0.05, 0) is 51.1 Å². The summed E-state index contributed by atoms with van der Waals surface area (Å²) in [6.45, 7) is 1.94. The Balaban J connectivity index is 0.00000304. The molecule has 2 heterocycles. The second-order valence-corrected chi connectivity index (χ2v) is 9.71. The van der Waals surface area contributed by atoms with Crippen LogP contribution in [0.1, 0.15) is 37.3 Å². The minimum absolute atomic E-state index is 0. The lowest BCUT2D eigenvalue weighted by molar-refractivity contribution is -0.176. The lowest BCUT2D eigenvalue weighted by Crippen LogP contribution is -2.74. The molecule has 2 bridgehead atoms. The van der Waals surface area contributed by atoms with Gasteiger partial charge in [-0.25, -0.2) is 9.59 Å². The van der Waals surface area contributed by atoms with Crippen molar-refractivity contribution in [3.05, 3.63) is 35.1 Å². The van der Waals surface area contributed by atoms with E-state index in [0.29, 0.717) is 19.4 Å². The number of hydrogen-bond acceptors (Lipinski definition) is 10. The number of carboxylic acids is 1. The number of phenols is 1. The Morgan fingerprint density at radius 3 is 2.72 bits per heavy atom. The highest BCUT2D eigenvalue weighted by molar-refractivity contribution is 5.85. The van der Waals surface area contributed by atoms with Crippen LogP contribution in [0.4, 0.5) is 0 Å². The summed E-state index contributed by atoms with van der Waals surface area (Å²) in [4.78, 5) is 37.5. The molecule has 1 aromatic carbocycles. The molecule has 0 aromatic heterocycles. The number of hydrogen-bond donors (Lipinski definition) is 4. The topological polar surface area (TPSA) is 163 Å². The van der Waals surface area contributed by atoms with Crippen LogP contribution < -0.4 is 4.74 Å². The van der Waals surface area contributed by atoms with Crippen molar-refractivity contribution < 1.29 is 49.0 Å². The van der Waals surface area contributed by atoms with E-state index in [2.05, 4.69) is 4.90 Å². The molecule has 6 atom stereocenters. The quantitative estimate of drug-likeness (QED) is 0.380. The van der Waals surface area contributed by atoms with Crippen molar-refractivity contribution in [2.24, 2.45) is 0 Å². The van der Waals surface area contributed by atoms with Gasteiger partial charge in [-0.1, -0.05) is 6.07 Å². The van der Waals surface area contributed by atoms with Gasteiger partial charge in [0.05, 0.1) is 17.4 Å². The van der Waals surface area contributed by atoms with E-state index in [9.17, 15) is 29.7 Å². The van der Waals surface area contributed by atoms with Crippen molar-refractivity contribution in [1.82, 2.24) is 4.90 Å². The first-order chi connectivity index (χ1) is 16.5. The normalized spacial score (nSPS) is 31.1. The van der Waals surface area contributed by atoms with Crippen molar-refractivity contribution in [2.75, 3.05) is 13.6 Å². The Kier molecular flexibility index (Phi) is 6.49. The largest absolute Gasteiger partial charge is 0.504 e. The summed E-state index contributed by atoms with van der Waals surface area (Å²) in [6.07, 6.45) is -2.12. The fourth-order valence-electron chi connectivity index (χ4n) is 6.18. The van der Waals surface area contributed by atoms with Gasteiger partial charge in [-0.2, -0.15) is 0 Å². The third-order valence-electron chi connectivity index (χ3n) is 7.86. The lowest BCUT2D eigenvalue weighted by atomic mass is 9.50. The van der Waals surface area contributed by atoms with Gasteiger partial charge < -0.3 is 39.5 Å². The molecule has 0 radical (unpaired) electrons. The second kappa shape index (κ2) is 8.91. The average molecular weight is 526 g/mol. The van der Waals surface area contributed by atoms with Gasteiger partial charge in [0.25, 0.3) is 0 Å². The van der Waals surface area contributed by atoms with E-state index in [1.54, 1.807) is 12.1 Å². The highest BCUT2D eigenvalue weighted by atomic mass is 35.5. The predicted molar refractivity (Wildman–Crippen MR) is 124 cm³/mol. The molecular formula is C24H28ClNO10. The van der Waals surface area contributed by atoms with Crippen molar-refractivity contribution >= 4 is 30.3 Å². The summed E-state index contributed by atoms with van der Waals surface area (Å²) in [5, 5.41) is 40.6. The van der Waals surface area contributed by atoms with Crippen LogP contribution in [-0.4, -0.2) is 86.8 Å². The first-order valence-electron chi connectivity index (χ1n) is 11.5. The third kappa shape index (κ3) is 3.56. The molecule has 2 aliphatic carbocycles. The number of halogens is 1. The smallest absolute Gasteiger partial charge is 0.352 e. The number of benzene rings is 1. The summed E-state index contributed by atoms with van der Waals surface area (Å²) in [6, 6.07) is 3.20. The third-order valence-corrected chi connectivity index (χ3v) is 7.86. The average Bonchev–Trinajstić information content (AvgIpc) is 3.15. The molecule has 11 nitrogen and oxygen atoms in total. The van der Waals surface area contributed by atoms with Crippen molar-refractivity contribution in [3.63, 3.8) is 0 Å². The van der Waals surface area contributed by atoms with Crippen molar-refractivity contribution in [3.8, 4) is 11.5 Å². The van der Waals surface area contributed by atoms with Crippen LogP contribution >= 0.6 is 12.4 Å². The van der Waals surface area contributed by atoms with Crippen LogP contribution in [0.3, 0.4) is 0 Å². The fraction of sp³-hybridized carbons (Fsp3) is 0.542. The minimum atomic E-state index is -1.94. The van der Waals surface area contributed by atoms with E-state index in [0.717, 1.165) is 11.1 Å². The molecule has 12 heteroatoms. The Hall–Kier alpha value is -2.86. The number of carbonyl (C=O) groups is 3. The lowest BCUT2D eigenvalue weighted by Gasteiger charge is -2.61. The number of nitrogens with zero attached hydrogens (tertiary/aromatic N) is 1. The molecule has 5 rings (SSSR count). The summed E-state index contributed by atoms with van der Waals surface area (Å²) in [5.41, 5.74) is -0.425. The molecule has 4 aliphatic rings.